The molecule has 0 aromatic heterocycles. The van der Waals surface area contributed by atoms with Crippen LogP contribution in [-0.4, -0.2) is 18.5 Å². The van der Waals surface area contributed by atoms with E-state index in [1.54, 1.807) is 18.7 Å². The number of benzene rings is 1. The maximum Gasteiger partial charge on any atom is 0.390 e. The summed E-state index contributed by atoms with van der Waals surface area (Å²) in [5.41, 5.74) is 1.00. The van der Waals surface area contributed by atoms with E-state index in [1.165, 1.54) is 0 Å². The van der Waals surface area contributed by atoms with Crippen LogP contribution in [0.1, 0.15) is 31.9 Å². The Bertz CT molecular complexity index is 361. The fourth-order valence-corrected chi connectivity index (χ4v) is 2.23. The monoisotopic (exact) mass is 277 g/mol. The third-order valence-corrected chi connectivity index (χ3v) is 3.43. The van der Waals surface area contributed by atoms with Crippen LogP contribution in [0, 0.1) is 0 Å². The van der Waals surface area contributed by atoms with E-state index in [-0.39, 0.29) is 6.04 Å². The molecule has 0 heterocycles. The molecule has 0 saturated heterocycles. The van der Waals surface area contributed by atoms with E-state index in [1.807, 2.05) is 37.4 Å². The van der Waals surface area contributed by atoms with Crippen molar-refractivity contribution >= 4 is 11.8 Å². The predicted molar refractivity (Wildman–Crippen MR) is 69.9 cm³/mol. The van der Waals surface area contributed by atoms with Crippen LogP contribution in [0.3, 0.4) is 0 Å². The molecule has 0 spiro atoms. The molecule has 0 aliphatic rings. The maximum absolute atomic E-state index is 12.2. The number of alkyl halides is 3. The van der Waals surface area contributed by atoms with Gasteiger partial charge in [0.1, 0.15) is 0 Å². The fraction of sp³-hybridized carbons (Fsp3) is 0.538. The van der Waals surface area contributed by atoms with E-state index >= 15 is 0 Å². The topological polar surface area (TPSA) is 12.0 Å². The van der Waals surface area contributed by atoms with Crippen molar-refractivity contribution in [2.45, 2.75) is 43.4 Å². The minimum absolute atomic E-state index is 0.0849. The number of halogens is 3. The Hall–Kier alpha value is -0.680. The van der Waals surface area contributed by atoms with Crippen LogP contribution in [-0.2, 0) is 0 Å². The molecular formula is C13H18F3NS. The summed E-state index contributed by atoms with van der Waals surface area (Å²) in [5, 5.41) is 2.96. The zero-order valence-corrected chi connectivity index (χ0v) is 11.5. The first-order chi connectivity index (χ1) is 8.31. The molecule has 1 N–H and O–H groups in total. The lowest BCUT2D eigenvalue weighted by Gasteiger charge is -2.21. The molecule has 0 fully saturated rings. The third-order valence-electron chi connectivity index (χ3n) is 2.69. The second-order valence-electron chi connectivity index (χ2n) is 4.38. The lowest BCUT2D eigenvalue weighted by atomic mass is 10.1. The highest BCUT2D eigenvalue weighted by atomic mass is 32.2. The van der Waals surface area contributed by atoms with Crippen LogP contribution in [0.15, 0.2) is 29.2 Å². The van der Waals surface area contributed by atoms with Gasteiger partial charge in [-0.3, -0.25) is 0 Å². The van der Waals surface area contributed by atoms with Crippen molar-refractivity contribution in [2.75, 3.05) is 6.26 Å². The van der Waals surface area contributed by atoms with Crippen LogP contribution < -0.4 is 5.32 Å². The minimum atomic E-state index is -4.12. The van der Waals surface area contributed by atoms with Crippen LogP contribution in [0.5, 0.6) is 0 Å². The molecule has 5 heteroatoms. The molecule has 18 heavy (non-hydrogen) atoms. The van der Waals surface area contributed by atoms with Gasteiger partial charge < -0.3 is 5.32 Å². The number of rotatable bonds is 5. The quantitative estimate of drug-likeness (QED) is 0.801. The molecule has 0 aliphatic heterocycles. The van der Waals surface area contributed by atoms with E-state index in [4.69, 9.17) is 0 Å². The smallest absolute Gasteiger partial charge is 0.307 e. The van der Waals surface area contributed by atoms with Gasteiger partial charge in [-0.1, -0.05) is 12.1 Å². The van der Waals surface area contributed by atoms with Gasteiger partial charge in [0.05, 0.1) is 6.42 Å². The average Bonchev–Trinajstić information content (AvgIpc) is 2.26. The minimum Gasteiger partial charge on any atom is -0.307 e. The van der Waals surface area contributed by atoms with E-state index in [2.05, 4.69) is 5.32 Å². The summed E-state index contributed by atoms with van der Waals surface area (Å²) in [7, 11) is 0. The fourth-order valence-electron chi connectivity index (χ4n) is 1.82. The van der Waals surface area contributed by atoms with Gasteiger partial charge in [0.25, 0.3) is 0 Å². The van der Waals surface area contributed by atoms with Crippen LogP contribution in [0.2, 0.25) is 0 Å². The van der Waals surface area contributed by atoms with E-state index in [0.717, 1.165) is 10.5 Å². The van der Waals surface area contributed by atoms with Crippen molar-refractivity contribution in [3.63, 3.8) is 0 Å². The van der Waals surface area contributed by atoms with Crippen molar-refractivity contribution in [1.82, 2.24) is 5.32 Å². The molecule has 0 saturated carbocycles. The third kappa shape index (κ3) is 5.31. The highest BCUT2D eigenvalue weighted by Gasteiger charge is 2.30. The summed E-state index contributed by atoms with van der Waals surface area (Å²) in [6, 6.07) is 7.19. The number of thioether (sulfide) groups is 1. The van der Waals surface area contributed by atoms with Crippen molar-refractivity contribution in [2.24, 2.45) is 0 Å². The molecule has 1 aromatic carbocycles. The Morgan fingerprint density at radius 3 is 2.17 bits per heavy atom. The molecule has 0 radical (unpaired) electrons. The van der Waals surface area contributed by atoms with Gasteiger partial charge in [-0.15, -0.1) is 11.8 Å². The lowest BCUT2D eigenvalue weighted by Crippen LogP contribution is -2.33. The highest BCUT2D eigenvalue weighted by molar-refractivity contribution is 7.98. The Morgan fingerprint density at radius 2 is 1.72 bits per heavy atom. The van der Waals surface area contributed by atoms with Crippen LogP contribution >= 0.6 is 11.8 Å². The molecule has 0 amide bonds. The average molecular weight is 277 g/mol. The van der Waals surface area contributed by atoms with E-state index < -0.39 is 18.6 Å². The number of hydrogen-bond acceptors (Lipinski definition) is 2. The van der Waals surface area contributed by atoms with E-state index in [9.17, 15) is 13.2 Å². The highest BCUT2D eigenvalue weighted by Crippen LogP contribution is 2.24. The predicted octanol–water partition coefficient (Wildman–Crippen LogP) is 4.40. The summed E-state index contributed by atoms with van der Waals surface area (Å²) < 4.78 is 36.6. The Kier molecular flexibility index (Phi) is 5.53. The molecule has 0 bridgehead atoms. The molecular weight excluding hydrogens is 259 g/mol. The lowest BCUT2D eigenvalue weighted by molar-refractivity contribution is -0.139. The van der Waals surface area contributed by atoms with Gasteiger partial charge in [0.15, 0.2) is 0 Å². The second kappa shape index (κ2) is 6.48. The summed E-state index contributed by atoms with van der Waals surface area (Å²) >= 11 is 1.64. The first-order valence-corrected chi connectivity index (χ1v) is 7.01. The van der Waals surface area contributed by atoms with Crippen molar-refractivity contribution in [3.8, 4) is 0 Å². The number of nitrogens with one attached hydrogen (secondary N) is 1. The van der Waals surface area contributed by atoms with Gasteiger partial charge in [0, 0.05) is 17.0 Å². The molecule has 2 atom stereocenters. The zero-order valence-electron chi connectivity index (χ0n) is 10.7. The van der Waals surface area contributed by atoms with Gasteiger partial charge in [-0.25, -0.2) is 0 Å². The normalized spacial score (nSPS) is 15.4. The summed E-state index contributed by atoms with van der Waals surface area (Å²) in [4.78, 5) is 1.15. The van der Waals surface area contributed by atoms with E-state index in [0.29, 0.717) is 0 Å². The van der Waals surface area contributed by atoms with Crippen LogP contribution in [0.4, 0.5) is 13.2 Å². The van der Waals surface area contributed by atoms with Gasteiger partial charge in [-0.2, -0.15) is 13.2 Å². The SMILES string of the molecule is CSc1ccc(C(C)NC(C)CC(F)(F)F)cc1. The Labute approximate surface area is 110 Å². The maximum atomic E-state index is 12.2. The molecule has 1 rings (SSSR count). The second-order valence-corrected chi connectivity index (χ2v) is 5.26. The zero-order chi connectivity index (χ0) is 13.8. The molecule has 102 valence electrons. The molecule has 0 aliphatic carbocycles. The number of hydrogen-bond donors (Lipinski definition) is 1. The first-order valence-electron chi connectivity index (χ1n) is 5.78. The van der Waals surface area contributed by atoms with Gasteiger partial charge in [-0.05, 0) is 37.8 Å². The first kappa shape index (κ1) is 15.4. The summed E-state index contributed by atoms with van der Waals surface area (Å²) in [6.07, 6.45) is -2.93. The summed E-state index contributed by atoms with van der Waals surface area (Å²) in [5.74, 6) is 0. The largest absolute Gasteiger partial charge is 0.390 e. The van der Waals surface area contributed by atoms with Crippen molar-refractivity contribution < 1.29 is 13.2 Å². The molecule has 1 aromatic rings. The van der Waals surface area contributed by atoms with Gasteiger partial charge in [0.2, 0.25) is 0 Å². The Morgan fingerprint density at radius 1 is 1.17 bits per heavy atom. The van der Waals surface area contributed by atoms with Crippen molar-refractivity contribution in [1.29, 1.82) is 0 Å². The molecule has 2 unspecified atom stereocenters. The summed E-state index contributed by atoms with van der Waals surface area (Å²) in [6.45, 7) is 3.43. The van der Waals surface area contributed by atoms with Crippen LogP contribution in [0.25, 0.3) is 0 Å². The van der Waals surface area contributed by atoms with Gasteiger partial charge >= 0.3 is 6.18 Å². The van der Waals surface area contributed by atoms with Crippen molar-refractivity contribution in [3.05, 3.63) is 29.8 Å². The molecule has 1 nitrogen and oxygen atoms in total. The standard InChI is InChI=1S/C13H18F3NS/c1-9(8-13(14,15)16)17-10(2)11-4-6-12(18-3)7-5-11/h4-7,9-10,17H,8H2,1-3H3. The Balaban J connectivity index is 2.56.